The first-order valence-electron chi connectivity index (χ1n) is 8.81. The van der Waals surface area contributed by atoms with Crippen LogP contribution >= 0.6 is 0 Å². The Morgan fingerprint density at radius 2 is 2.12 bits per heavy atom. The van der Waals surface area contributed by atoms with Crippen LogP contribution in [0.5, 0.6) is 5.75 Å². The molecule has 2 fully saturated rings. The van der Waals surface area contributed by atoms with E-state index in [1.165, 1.54) is 0 Å². The number of aromatic carboxylic acids is 1. The first-order valence-corrected chi connectivity index (χ1v) is 8.81. The number of rotatable bonds is 5. The van der Waals surface area contributed by atoms with Gasteiger partial charge in [-0.2, -0.15) is 13.2 Å². The Morgan fingerprint density at radius 1 is 1.40 bits per heavy atom. The van der Waals surface area contributed by atoms with Gasteiger partial charge in [0.15, 0.2) is 0 Å². The highest BCUT2D eigenvalue weighted by Gasteiger charge is 2.55. The molecule has 0 heterocycles. The average Bonchev–Trinajstić information content (AvgIpc) is 3.14. The molecule has 0 aliphatic heterocycles. The van der Waals surface area contributed by atoms with Crippen molar-refractivity contribution in [3.63, 3.8) is 0 Å². The molecule has 0 saturated heterocycles. The number of carboxylic acids is 1. The van der Waals surface area contributed by atoms with E-state index in [9.17, 15) is 18.0 Å². The second kappa shape index (κ2) is 6.22. The van der Waals surface area contributed by atoms with Gasteiger partial charge in [0.05, 0.1) is 11.1 Å². The van der Waals surface area contributed by atoms with Crippen LogP contribution in [0.2, 0.25) is 0 Å². The minimum atomic E-state index is -4.58. The van der Waals surface area contributed by atoms with E-state index >= 15 is 0 Å². The van der Waals surface area contributed by atoms with Crippen molar-refractivity contribution in [2.24, 2.45) is 17.8 Å². The highest BCUT2D eigenvalue weighted by molar-refractivity contribution is 5.88. The highest BCUT2D eigenvalue weighted by atomic mass is 19.4. The number of benzene rings is 1. The molecule has 0 spiro atoms. The molecule has 3 nitrogen and oxygen atoms in total. The van der Waals surface area contributed by atoms with Crippen LogP contribution in [0.3, 0.4) is 0 Å². The summed E-state index contributed by atoms with van der Waals surface area (Å²) < 4.78 is 46.4. The first-order chi connectivity index (χ1) is 11.7. The quantitative estimate of drug-likeness (QED) is 0.770. The first kappa shape index (κ1) is 18.1. The van der Waals surface area contributed by atoms with Crippen molar-refractivity contribution in [1.29, 1.82) is 0 Å². The van der Waals surface area contributed by atoms with Gasteiger partial charge in [-0.25, -0.2) is 4.79 Å². The van der Waals surface area contributed by atoms with Crippen LogP contribution in [-0.4, -0.2) is 16.7 Å². The number of fused-ring (bicyclic) bond motifs is 2. The molecular weight excluding hydrogens is 333 g/mol. The zero-order valence-corrected chi connectivity index (χ0v) is 14.4. The molecule has 2 bridgehead atoms. The average molecular weight is 356 g/mol. The summed E-state index contributed by atoms with van der Waals surface area (Å²) in [4.78, 5) is 11.2. The predicted molar refractivity (Wildman–Crippen MR) is 86.7 cm³/mol. The van der Waals surface area contributed by atoms with Gasteiger partial charge >= 0.3 is 12.1 Å². The lowest BCUT2D eigenvalue weighted by Crippen LogP contribution is -2.47. The summed E-state index contributed by atoms with van der Waals surface area (Å²) in [6.45, 7) is 4.04. The van der Waals surface area contributed by atoms with Gasteiger partial charge in [0.25, 0.3) is 0 Å². The number of carboxylic acid groups (broad SMARTS) is 1. The number of carbonyl (C=O) groups is 1. The van der Waals surface area contributed by atoms with Crippen LogP contribution in [-0.2, 0) is 6.18 Å². The van der Waals surface area contributed by atoms with E-state index in [1.807, 2.05) is 13.8 Å². The molecule has 25 heavy (non-hydrogen) atoms. The van der Waals surface area contributed by atoms with E-state index in [1.54, 1.807) is 0 Å². The molecule has 0 radical (unpaired) electrons. The van der Waals surface area contributed by atoms with Crippen molar-refractivity contribution >= 4 is 5.97 Å². The maximum atomic E-state index is 13.4. The van der Waals surface area contributed by atoms with E-state index in [0.29, 0.717) is 5.92 Å². The minimum Gasteiger partial charge on any atom is -0.486 e. The van der Waals surface area contributed by atoms with Crippen LogP contribution in [0.15, 0.2) is 18.2 Å². The second-order valence-electron chi connectivity index (χ2n) is 7.46. The summed E-state index contributed by atoms with van der Waals surface area (Å²) in [6.07, 6.45) is 0.0396. The summed E-state index contributed by atoms with van der Waals surface area (Å²) >= 11 is 0. The van der Waals surface area contributed by atoms with Gasteiger partial charge in [-0.1, -0.05) is 13.8 Å². The molecule has 1 aromatic carbocycles. The van der Waals surface area contributed by atoms with Crippen molar-refractivity contribution in [3.8, 4) is 5.75 Å². The monoisotopic (exact) mass is 356 g/mol. The Morgan fingerprint density at radius 3 is 2.60 bits per heavy atom. The third-order valence-corrected chi connectivity index (χ3v) is 6.12. The van der Waals surface area contributed by atoms with Crippen molar-refractivity contribution < 1.29 is 27.8 Å². The molecule has 4 unspecified atom stereocenters. The topological polar surface area (TPSA) is 46.5 Å². The third-order valence-electron chi connectivity index (χ3n) is 6.12. The molecule has 138 valence electrons. The van der Waals surface area contributed by atoms with E-state index < -0.39 is 23.3 Å². The van der Waals surface area contributed by atoms with Gasteiger partial charge < -0.3 is 9.84 Å². The van der Waals surface area contributed by atoms with Crippen molar-refractivity contribution in [2.75, 3.05) is 0 Å². The molecule has 1 aromatic rings. The van der Waals surface area contributed by atoms with Crippen LogP contribution in [0.4, 0.5) is 13.2 Å². The lowest BCUT2D eigenvalue weighted by molar-refractivity contribution is -0.141. The van der Waals surface area contributed by atoms with E-state index in [-0.39, 0.29) is 23.1 Å². The number of hydrogen-bond donors (Lipinski definition) is 1. The number of halogens is 3. The SMILES string of the molecule is CCC(C)C1(Oc2cc(C(=O)O)ccc2C(F)(F)F)CC2CCC1C2. The van der Waals surface area contributed by atoms with Crippen LogP contribution in [0, 0.1) is 17.8 Å². The Labute approximate surface area is 145 Å². The Hall–Kier alpha value is -1.72. The van der Waals surface area contributed by atoms with Crippen molar-refractivity contribution in [2.45, 2.75) is 57.7 Å². The molecule has 2 aliphatic carbocycles. The fraction of sp³-hybridized carbons (Fsp3) is 0.632. The summed E-state index contributed by atoms with van der Waals surface area (Å²) in [5.74, 6) is -0.764. The molecule has 0 amide bonds. The molecular formula is C19H23F3O3. The molecule has 4 atom stereocenters. The predicted octanol–water partition coefficient (Wildman–Crippen LogP) is 5.39. The Bertz CT molecular complexity index is 670. The molecule has 2 saturated carbocycles. The van der Waals surface area contributed by atoms with Gasteiger partial charge in [-0.15, -0.1) is 0 Å². The summed E-state index contributed by atoms with van der Waals surface area (Å²) in [7, 11) is 0. The summed E-state index contributed by atoms with van der Waals surface area (Å²) in [6, 6.07) is 2.83. The van der Waals surface area contributed by atoms with Crippen LogP contribution < -0.4 is 4.74 Å². The maximum Gasteiger partial charge on any atom is 0.419 e. The number of alkyl halides is 3. The zero-order valence-electron chi connectivity index (χ0n) is 14.4. The molecule has 0 aromatic heterocycles. The summed E-state index contributed by atoms with van der Waals surface area (Å²) in [5.41, 5.74) is -1.72. The standard InChI is InChI=1S/C19H23F3O3/c1-3-11(2)18(10-12-4-6-14(18)8-12)25-16-9-13(17(23)24)5-7-15(16)19(20,21)22/h5,7,9,11-12,14H,3-4,6,8,10H2,1-2H3,(H,23,24). The second-order valence-corrected chi connectivity index (χ2v) is 7.46. The largest absolute Gasteiger partial charge is 0.486 e. The van der Waals surface area contributed by atoms with Crippen LogP contribution in [0.1, 0.15) is 61.9 Å². The van der Waals surface area contributed by atoms with Gasteiger partial charge in [-0.05, 0) is 68.1 Å². The Kier molecular flexibility index (Phi) is 4.50. The lowest BCUT2D eigenvalue weighted by atomic mass is 9.74. The van der Waals surface area contributed by atoms with Crippen molar-refractivity contribution in [3.05, 3.63) is 29.3 Å². The highest BCUT2D eigenvalue weighted by Crippen LogP contribution is 2.56. The molecule has 6 heteroatoms. The normalized spacial score (nSPS) is 29.6. The number of ether oxygens (including phenoxy) is 1. The van der Waals surface area contributed by atoms with E-state index in [2.05, 4.69) is 0 Å². The molecule has 1 N–H and O–H groups in total. The van der Waals surface area contributed by atoms with Gasteiger partial charge in [0.1, 0.15) is 11.4 Å². The van der Waals surface area contributed by atoms with Crippen molar-refractivity contribution in [1.82, 2.24) is 0 Å². The molecule has 2 aliphatic rings. The van der Waals surface area contributed by atoms with Gasteiger partial charge in [0, 0.05) is 0 Å². The zero-order chi connectivity index (χ0) is 18.4. The van der Waals surface area contributed by atoms with Gasteiger partial charge in [0.2, 0.25) is 0 Å². The lowest BCUT2D eigenvalue weighted by Gasteiger charge is -2.43. The summed E-state index contributed by atoms with van der Waals surface area (Å²) in [5, 5.41) is 9.15. The maximum absolute atomic E-state index is 13.4. The van der Waals surface area contributed by atoms with Gasteiger partial charge in [-0.3, -0.25) is 0 Å². The fourth-order valence-electron chi connectivity index (χ4n) is 4.68. The Balaban J connectivity index is 2.05. The smallest absolute Gasteiger partial charge is 0.419 e. The van der Waals surface area contributed by atoms with E-state index in [4.69, 9.17) is 9.84 Å². The number of hydrogen-bond acceptors (Lipinski definition) is 2. The minimum absolute atomic E-state index is 0.109. The fourth-order valence-corrected chi connectivity index (χ4v) is 4.68. The molecule has 3 rings (SSSR count). The van der Waals surface area contributed by atoms with Crippen LogP contribution in [0.25, 0.3) is 0 Å². The third kappa shape index (κ3) is 3.11. The van der Waals surface area contributed by atoms with E-state index in [0.717, 1.165) is 50.3 Å².